The molecule has 0 spiro atoms. The summed E-state index contributed by atoms with van der Waals surface area (Å²) in [4.78, 5) is 8.94. The van der Waals surface area contributed by atoms with Gasteiger partial charge < -0.3 is 10.4 Å². The Morgan fingerprint density at radius 1 is 1.26 bits per heavy atom. The standard InChI is InChI=1S/C14H16ClN3O/c1-2-12-9-13(16-6-7-19)18-14(17-12)10-4-3-5-11(15)8-10/h3-5,8-9,19H,2,6-7H2,1H3,(H,16,17,18). The van der Waals surface area contributed by atoms with Crippen molar-refractivity contribution in [2.75, 3.05) is 18.5 Å². The Morgan fingerprint density at radius 2 is 2.11 bits per heavy atom. The summed E-state index contributed by atoms with van der Waals surface area (Å²) in [5, 5.41) is 12.6. The first-order valence-electron chi connectivity index (χ1n) is 6.21. The third-order valence-electron chi connectivity index (χ3n) is 2.64. The SMILES string of the molecule is CCc1cc(NCCO)nc(-c2cccc(Cl)c2)n1. The fourth-order valence-corrected chi connectivity index (χ4v) is 1.90. The van der Waals surface area contributed by atoms with Gasteiger partial charge in [0.15, 0.2) is 5.82 Å². The van der Waals surface area contributed by atoms with E-state index in [2.05, 4.69) is 15.3 Å². The van der Waals surface area contributed by atoms with Crippen molar-refractivity contribution in [1.29, 1.82) is 0 Å². The molecule has 0 aliphatic rings. The van der Waals surface area contributed by atoms with Crippen molar-refractivity contribution in [2.45, 2.75) is 13.3 Å². The highest BCUT2D eigenvalue weighted by atomic mass is 35.5. The van der Waals surface area contributed by atoms with Crippen LogP contribution in [0.15, 0.2) is 30.3 Å². The summed E-state index contributed by atoms with van der Waals surface area (Å²) in [6, 6.07) is 9.35. The zero-order valence-electron chi connectivity index (χ0n) is 10.7. The van der Waals surface area contributed by atoms with Gasteiger partial charge in [-0.25, -0.2) is 9.97 Å². The van der Waals surface area contributed by atoms with Crippen LogP contribution in [0.3, 0.4) is 0 Å². The van der Waals surface area contributed by atoms with Gasteiger partial charge in [0, 0.05) is 28.9 Å². The van der Waals surface area contributed by atoms with E-state index in [1.807, 2.05) is 37.3 Å². The molecule has 0 bridgehead atoms. The highest BCUT2D eigenvalue weighted by molar-refractivity contribution is 6.30. The smallest absolute Gasteiger partial charge is 0.161 e. The fraction of sp³-hybridized carbons (Fsp3) is 0.286. The van der Waals surface area contributed by atoms with Crippen LogP contribution in [0, 0.1) is 0 Å². The molecule has 2 N–H and O–H groups in total. The topological polar surface area (TPSA) is 58.0 Å². The van der Waals surface area contributed by atoms with Crippen molar-refractivity contribution in [3.05, 3.63) is 41.0 Å². The maximum atomic E-state index is 8.85. The molecular formula is C14H16ClN3O. The predicted molar refractivity (Wildman–Crippen MR) is 77.4 cm³/mol. The van der Waals surface area contributed by atoms with Crippen LogP contribution in [0.25, 0.3) is 11.4 Å². The Hall–Kier alpha value is -1.65. The molecule has 1 aromatic carbocycles. The van der Waals surface area contributed by atoms with Gasteiger partial charge in [-0.05, 0) is 18.6 Å². The molecule has 0 radical (unpaired) electrons. The van der Waals surface area contributed by atoms with E-state index in [0.717, 1.165) is 23.5 Å². The molecule has 0 saturated carbocycles. The van der Waals surface area contributed by atoms with Crippen molar-refractivity contribution in [1.82, 2.24) is 9.97 Å². The van der Waals surface area contributed by atoms with E-state index in [1.165, 1.54) is 0 Å². The second-order valence-electron chi connectivity index (χ2n) is 4.08. The molecule has 4 nitrogen and oxygen atoms in total. The maximum absolute atomic E-state index is 8.85. The van der Waals surface area contributed by atoms with Gasteiger partial charge in [-0.15, -0.1) is 0 Å². The number of rotatable bonds is 5. The molecule has 1 aromatic heterocycles. The van der Waals surface area contributed by atoms with Crippen LogP contribution in [0.5, 0.6) is 0 Å². The van der Waals surface area contributed by atoms with E-state index in [-0.39, 0.29) is 6.61 Å². The van der Waals surface area contributed by atoms with Crippen LogP contribution in [0.4, 0.5) is 5.82 Å². The minimum atomic E-state index is 0.0674. The first kappa shape index (κ1) is 13.8. The number of benzene rings is 1. The monoisotopic (exact) mass is 277 g/mol. The normalized spacial score (nSPS) is 10.5. The molecule has 0 aliphatic heterocycles. The van der Waals surface area contributed by atoms with Crippen molar-refractivity contribution < 1.29 is 5.11 Å². The number of aromatic nitrogens is 2. The van der Waals surface area contributed by atoms with Crippen molar-refractivity contribution >= 4 is 17.4 Å². The third kappa shape index (κ3) is 3.66. The van der Waals surface area contributed by atoms with E-state index >= 15 is 0 Å². The Bertz CT molecular complexity index is 560. The molecule has 0 aliphatic carbocycles. The highest BCUT2D eigenvalue weighted by Gasteiger charge is 2.06. The summed E-state index contributed by atoms with van der Waals surface area (Å²) in [7, 11) is 0. The molecular weight excluding hydrogens is 262 g/mol. The van der Waals surface area contributed by atoms with Gasteiger partial charge >= 0.3 is 0 Å². The number of nitrogens with zero attached hydrogens (tertiary/aromatic N) is 2. The minimum Gasteiger partial charge on any atom is -0.395 e. The average molecular weight is 278 g/mol. The molecule has 100 valence electrons. The molecule has 0 unspecified atom stereocenters. The predicted octanol–water partition coefficient (Wildman–Crippen LogP) is 2.76. The number of anilines is 1. The summed E-state index contributed by atoms with van der Waals surface area (Å²) in [6.45, 7) is 2.58. The molecule has 0 saturated heterocycles. The Balaban J connectivity index is 2.38. The van der Waals surface area contributed by atoms with Crippen LogP contribution < -0.4 is 5.32 Å². The Kier molecular flexibility index (Phi) is 4.71. The number of hydrogen-bond donors (Lipinski definition) is 2. The van der Waals surface area contributed by atoms with Crippen LogP contribution >= 0.6 is 11.6 Å². The summed E-state index contributed by atoms with van der Waals surface area (Å²) < 4.78 is 0. The van der Waals surface area contributed by atoms with Crippen molar-refractivity contribution in [2.24, 2.45) is 0 Å². The number of aliphatic hydroxyl groups excluding tert-OH is 1. The van der Waals surface area contributed by atoms with Crippen molar-refractivity contribution in [3.8, 4) is 11.4 Å². The molecule has 5 heteroatoms. The lowest BCUT2D eigenvalue weighted by atomic mass is 10.2. The van der Waals surface area contributed by atoms with Gasteiger partial charge in [-0.1, -0.05) is 30.7 Å². The second-order valence-corrected chi connectivity index (χ2v) is 4.52. The lowest BCUT2D eigenvalue weighted by molar-refractivity contribution is 0.311. The molecule has 19 heavy (non-hydrogen) atoms. The quantitative estimate of drug-likeness (QED) is 0.882. The highest BCUT2D eigenvalue weighted by Crippen LogP contribution is 2.21. The zero-order chi connectivity index (χ0) is 13.7. The fourth-order valence-electron chi connectivity index (χ4n) is 1.71. The lowest BCUT2D eigenvalue weighted by Crippen LogP contribution is -2.08. The summed E-state index contributed by atoms with van der Waals surface area (Å²) in [5.41, 5.74) is 1.83. The summed E-state index contributed by atoms with van der Waals surface area (Å²) >= 11 is 5.99. The van der Waals surface area contributed by atoms with Crippen LogP contribution in [0.2, 0.25) is 5.02 Å². The molecule has 0 fully saturated rings. The minimum absolute atomic E-state index is 0.0674. The average Bonchev–Trinajstić information content (AvgIpc) is 2.44. The van der Waals surface area contributed by atoms with E-state index in [1.54, 1.807) is 0 Å². The summed E-state index contributed by atoms with van der Waals surface area (Å²) in [5.74, 6) is 1.36. The van der Waals surface area contributed by atoms with Crippen LogP contribution in [-0.4, -0.2) is 28.2 Å². The van der Waals surface area contributed by atoms with E-state index in [9.17, 15) is 0 Å². The number of nitrogens with one attached hydrogen (secondary N) is 1. The number of hydrogen-bond acceptors (Lipinski definition) is 4. The van der Waals surface area contributed by atoms with Gasteiger partial charge in [-0.2, -0.15) is 0 Å². The Labute approximate surface area is 117 Å². The van der Waals surface area contributed by atoms with Crippen LogP contribution in [0.1, 0.15) is 12.6 Å². The molecule has 2 aromatic rings. The summed E-state index contributed by atoms with van der Waals surface area (Å²) in [6.07, 6.45) is 0.823. The van der Waals surface area contributed by atoms with Gasteiger partial charge in [0.1, 0.15) is 5.82 Å². The van der Waals surface area contributed by atoms with E-state index < -0.39 is 0 Å². The lowest BCUT2D eigenvalue weighted by Gasteiger charge is -2.08. The zero-order valence-corrected chi connectivity index (χ0v) is 11.5. The van der Waals surface area contributed by atoms with Crippen molar-refractivity contribution in [3.63, 3.8) is 0 Å². The van der Waals surface area contributed by atoms with E-state index in [0.29, 0.717) is 17.4 Å². The number of aliphatic hydroxyl groups is 1. The van der Waals surface area contributed by atoms with Gasteiger partial charge in [0.2, 0.25) is 0 Å². The molecule has 0 amide bonds. The Morgan fingerprint density at radius 3 is 2.79 bits per heavy atom. The molecule has 1 heterocycles. The number of aryl methyl sites for hydroxylation is 1. The van der Waals surface area contributed by atoms with E-state index in [4.69, 9.17) is 16.7 Å². The third-order valence-corrected chi connectivity index (χ3v) is 2.88. The largest absolute Gasteiger partial charge is 0.395 e. The van der Waals surface area contributed by atoms with Gasteiger partial charge in [0.25, 0.3) is 0 Å². The van der Waals surface area contributed by atoms with Gasteiger partial charge in [0.05, 0.1) is 6.61 Å². The molecule has 0 atom stereocenters. The number of halogens is 1. The second kappa shape index (κ2) is 6.50. The molecule has 2 rings (SSSR count). The maximum Gasteiger partial charge on any atom is 0.161 e. The first-order valence-corrected chi connectivity index (χ1v) is 6.59. The van der Waals surface area contributed by atoms with Gasteiger partial charge in [-0.3, -0.25) is 0 Å². The first-order chi connectivity index (χ1) is 9.22. The van der Waals surface area contributed by atoms with Crippen LogP contribution in [-0.2, 0) is 6.42 Å².